The fraction of sp³-hybridized carbons (Fsp3) is 0.273. The molecule has 0 unspecified atom stereocenters. The Morgan fingerprint density at radius 2 is 2.22 bits per heavy atom. The molecule has 1 N–H and O–H groups in total. The largest absolute Gasteiger partial charge is 0.465 e. The summed E-state index contributed by atoms with van der Waals surface area (Å²) in [5, 5.41) is 6.78. The maximum absolute atomic E-state index is 11.5. The van der Waals surface area contributed by atoms with Crippen LogP contribution in [-0.4, -0.2) is 32.3 Å². The maximum atomic E-state index is 11.5. The average molecular weight is 264 g/mol. The third kappa shape index (κ3) is 2.62. The molecule has 0 aliphatic heterocycles. The van der Waals surface area contributed by atoms with Crippen molar-refractivity contribution in [2.75, 3.05) is 6.61 Å². The van der Waals surface area contributed by atoms with Gasteiger partial charge >= 0.3 is 5.97 Å². The third-order valence-electron chi connectivity index (χ3n) is 2.29. The fourth-order valence-electron chi connectivity index (χ4n) is 1.52. The average Bonchev–Trinajstić information content (AvgIpc) is 2.73. The number of hydrogen-bond donors (Lipinski definition) is 1. The van der Waals surface area contributed by atoms with E-state index in [0.29, 0.717) is 17.2 Å². The van der Waals surface area contributed by atoms with Crippen LogP contribution in [-0.2, 0) is 16.1 Å². The van der Waals surface area contributed by atoms with E-state index in [0.717, 1.165) is 5.56 Å². The molecule has 0 radical (unpaired) electrons. The number of H-pyrrole nitrogens is 1. The van der Waals surface area contributed by atoms with E-state index in [9.17, 15) is 4.79 Å². The van der Waals surface area contributed by atoms with Crippen molar-refractivity contribution in [3.8, 4) is 11.4 Å². The molecule has 18 heavy (non-hydrogen) atoms. The Kier molecular flexibility index (Phi) is 3.83. The number of pyridine rings is 1. The molecule has 0 amide bonds. The van der Waals surface area contributed by atoms with E-state index in [2.05, 4.69) is 15.2 Å². The van der Waals surface area contributed by atoms with Crippen LogP contribution in [0, 0.1) is 4.77 Å². The van der Waals surface area contributed by atoms with Gasteiger partial charge in [-0.05, 0) is 31.3 Å². The van der Waals surface area contributed by atoms with Crippen LogP contribution in [0.2, 0.25) is 0 Å². The Morgan fingerprint density at radius 1 is 1.50 bits per heavy atom. The van der Waals surface area contributed by atoms with Crippen LogP contribution in [0.25, 0.3) is 11.4 Å². The van der Waals surface area contributed by atoms with E-state index in [1.54, 1.807) is 36.0 Å². The summed E-state index contributed by atoms with van der Waals surface area (Å²) in [5.41, 5.74) is 0.835. The highest BCUT2D eigenvalue weighted by molar-refractivity contribution is 7.71. The minimum Gasteiger partial charge on any atom is -0.465 e. The van der Waals surface area contributed by atoms with Gasteiger partial charge in [0, 0.05) is 18.0 Å². The first kappa shape index (κ1) is 12.4. The number of carbonyl (C=O) groups is 1. The van der Waals surface area contributed by atoms with Crippen molar-refractivity contribution >= 4 is 18.2 Å². The molecule has 0 bridgehead atoms. The van der Waals surface area contributed by atoms with Gasteiger partial charge in [0.15, 0.2) is 10.6 Å². The zero-order valence-electron chi connectivity index (χ0n) is 9.79. The summed E-state index contributed by atoms with van der Waals surface area (Å²) in [7, 11) is 0. The van der Waals surface area contributed by atoms with Gasteiger partial charge in [0.1, 0.15) is 6.54 Å². The normalized spacial score (nSPS) is 10.3. The number of nitrogens with one attached hydrogen (secondary N) is 1. The predicted molar refractivity (Wildman–Crippen MR) is 67.3 cm³/mol. The van der Waals surface area contributed by atoms with Gasteiger partial charge in [0.05, 0.1) is 6.61 Å². The van der Waals surface area contributed by atoms with Gasteiger partial charge < -0.3 is 4.74 Å². The summed E-state index contributed by atoms with van der Waals surface area (Å²) in [6, 6.07) is 3.60. The third-order valence-corrected chi connectivity index (χ3v) is 2.60. The van der Waals surface area contributed by atoms with Crippen molar-refractivity contribution in [2.24, 2.45) is 0 Å². The number of carbonyl (C=O) groups excluding carboxylic acids is 1. The second-order valence-electron chi connectivity index (χ2n) is 3.48. The van der Waals surface area contributed by atoms with Gasteiger partial charge in [-0.15, -0.1) is 0 Å². The van der Waals surface area contributed by atoms with Crippen LogP contribution in [0.3, 0.4) is 0 Å². The molecule has 94 valence electrons. The monoisotopic (exact) mass is 264 g/mol. The summed E-state index contributed by atoms with van der Waals surface area (Å²) < 4.78 is 6.88. The second-order valence-corrected chi connectivity index (χ2v) is 3.87. The van der Waals surface area contributed by atoms with E-state index < -0.39 is 0 Å². The van der Waals surface area contributed by atoms with Gasteiger partial charge in [-0.25, -0.2) is 0 Å². The molecule has 2 heterocycles. The highest BCUT2D eigenvalue weighted by atomic mass is 32.1. The van der Waals surface area contributed by atoms with Gasteiger partial charge in [0.2, 0.25) is 0 Å². The van der Waals surface area contributed by atoms with E-state index in [1.807, 2.05) is 0 Å². The van der Waals surface area contributed by atoms with Crippen molar-refractivity contribution in [1.82, 2.24) is 19.7 Å². The molecule has 0 fully saturated rings. The lowest BCUT2D eigenvalue weighted by Crippen LogP contribution is -2.14. The number of aromatic amines is 1. The number of aromatic nitrogens is 4. The van der Waals surface area contributed by atoms with Crippen molar-refractivity contribution in [2.45, 2.75) is 13.5 Å². The van der Waals surface area contributed by atoms with Gasteiger partial charge in [0.25, 0.3) is 0 Å². The molecule has 0 saturated heterocycles. The first-order valence-corrected chi connectivity index (χ1v) is 5.84. The number of esters is 1. The Balaban J connectivity index is 2.34. The molecule has 0 atom stereocenters. The Morgan fingerprint density at radius 3 is 2.89 bits per heavy atom. The van der Waals surface area contributed by atoms with Gasteiger partial charge in [-0.3, -0.25) is 19.4 Å². The summed E-state index contributed by atoms with van der Waals surface area (Å²) in [6.45, 7) is 2.14. The summed E-state index contributed by atoms with van der Waals surface area (Å²) >= 11 is 5.10. The lowest BCUT2D eigenvalue weighted by Gasteiger charge is -2.06. The SMILES string of the molecule is CCOC(=O)Cn1c(-c2ccncc2)n[nH]c1=S. The molecule has 2 rings (SSSR count). The molecule has 0 aliphatic rings. The van der Waals surface area contributed by atoms with E-state index in [-0.39, 0.29) is 12.5 Å². The van der Waals surface area contributed by atoms with Gasteiger partial charge in [-0.1, -0.05) is 0 Å². The molecule has 0 saturated carbocycles. The van der Waals surface area contributed by atoms with E-state index in [1.165, 1.54) is 0 Å². The lowest BCUT2D eigenvalue weighted by molar-refractivity contribution is -0.143. The van der Waals surface area contributed by atoms with Crippen LogP contribution in [0.1, 0.15) is 6.92 Å². The molecule has 2 aromatic rings. The highest BCUT2D eigenvalue weighted by Crippen LogP contribution is 2.15. The molecule has 2 aromatic heterocycles. The van der Waals surface area contributed by atoms with Crippen molar-refractivity contribution in [3.05, 3.63) is 29.3 Å². The van der Waals surface area contributed by atoms with Crippen LogP contribution in [0.5, 0.6) is 0 Å². The quantitative estimate of drug-likeness (QED) is 0.670. The van der Waals surface area contributed by atoms with Crippen molar-refractivity contribution < 1.29 is 9.53 Å². The molecule has 0 aromatic carbocycles. The van der Waals surface area contributed by atoms with Crippen molar-refractivity contribution in [1.29, 1.82) is 0 Å². The topological polar surface area (TPSA) is 72.8 Å². The van der Waals surface area contributed by atoms with E-state index >= 15 is 0 Å². The first-order chi connectivity index (χ1) is 8.72. The Hall–Kier alpha value is -2.02. The Bertz CT molecular complexity index is 591. The smallest absolute Gasteiger partial charge is 0.326 e. The van der Waals surface area contributed by atoms with Crippen molar-refractivity contribution in [3.63, 3.8) is 0 Å². The number of rotatable bonds is 4. The summed E-state index contributed by atoms with van der Waals surface area (Å²) in [4.78, 5) is 15.4. The Labute approximate surface area is 109 Å². The molecule has 0 aliphatic carbocycles. The molecule has 6 nitrogen and oxygen atoms in total. The van der Waals surface area contributed by atoms with E-state index in [4.69, 9.17) is 17.0 Å². The molecular weight excluding hydrogens is 252 g/mol. The van der Waals surface area contributed by atoms with Crippen LogP contribution >= 0.6 is 12.2 Å². The minimum atomic E-state index is -0.342. The zero-order chi connectivity index (χ0) is 13.0. The number of ether oxygens (including phenoxy) is 1. The first-order valence-electron chi connectivity index (χ1n) is 5.43. The number of nitrogens with zero attached hydrogens (tertiary/aromatic N) is 3. The minimum absolute atomic E-state index is 0.0425. The maximum Gasteiger partial charge on any atom is 0.326 e. The predicted octanol–water partition coefficient (Wildman–Crippen LogP) is 1.57. The zero-order valence-corrected chi connectivity index (χ0v) is 10.6. The molecular formula is C11H12N4O2S. The lowest BCUT2D eigenvalue weighted by atomic mass is 10.2. The van der Waals surface area contributed by atoms with Gasteiger partial charge in [-0.2, -0.15) is 5.10 Å². The highest BCUT2D eigenvalue weighted by Gasteiger charge is 2.12. The summed E-state index contributed by atoms with van der Waals surface area (Å²) in [6.07, 6.45) is 3.31. The fourth-order valence-corrected chi connectivity index (χ4v) is 1.72. The summed E-state index contributed by atoms with van der Waals surface area (Å²) in [5.74, 6) is 0.251. The van der Waals surface area contributed by atoms with Crippen LogP contribution in [0.4, 0.5) is 0 Å². The van der Waals surface area contributed by atoms with Crippen LogP contribution in [0.15, 0.2) is 24.5 Å². The number of hydrogen-bond acceptors (Lipinski definition) is 5. The standard InChI is InChI=1S/C11H12N4O2S/c1-2-17-9(16)7-15-10(13-14-11(15)18)8-3-5-12-6-4-8/h3-6H,2,7H2,1H3,(H,14,18). The second kappa shape index (κ2) is 5.54. The molecule has 0 spiro atoms. The molecule has 7 heteroatoms. The van der Waals surface area contributed by atoms with Crippen LogP contribution < -0.4 is 0 Å².